The highest BCUT2D eigenvalue weighted by molar-refractivity contribution is 6.10. The normalized spacial score (nSPS) is 11.7. The lowest BCUT2D eigenvalue weighted by molar-refractivity contribution is 0.487. The van der Waals surface area contributed by atoms with E-state index in [2.05, 4.69) is 115 Å². The minimum Gasteiger partial charge on any atom is -0.456 e. The molecule has 0 saturated heterocycles. The summed E-state index contributed by atoms with van der Waals surface area (Å²) in [4.78, 5) is 14.8. The Morgan fingerprint density at radius 1 is 0.314 bits per heavy atom. The van der Waals surface area contributed by atoms with Gasteiger partial charge in [0.15, 0.2) is 17.5 Å². The van der Waals surface area contributed by atoms with E-state index in [4.69, 9.17) is 19.7 Å². The predicted molar refractivity (Wildman–Crippen MR) is 208 cm³/mol. The van der Waals surface area contributed by atoms with E-state index in [0.717, 1.165) is 61.2 Å². The highest BCUT2D eigenvalue weighted by Gasteiger charge is 2.23. The Balaban J connectivity index is 1.08. The molecule has 0 aliphatic carbocycles. The molecule has 9 aromatic rings. The molecule has 8 aromatic carbocycles. The van der Waals surface area contributed by atoms with Crippen LogP contribution in [0.2, 0.25) is 0 Å². The summed E-state index contributed by atoms with van der Waals surface area (Å²) in [5.74, 6) is 3.65. The van der Waals surface area contributed by atoms with Gasteiger partial charge in [0.2, 0.25) is 0 Å². The number of ether oxygens (including phenoxy) is 1. The minimum absolute atomic E-state index is 0.630. The van der Waals surface area contributed by atoms with Gasteiger partial charge >= 0.3 is 0 Å². The Labute approximate surface area is 295 Å². The van der Waals surface area contributed by atoms with Gasteiger partial charge in [0.1, 0.15) is 11.5 Å². The third-order valence-corrected chi connectivity index (χ3v) is 9.71. The average molecular weight is 652 g/mol. The number of hydrogen-bond donors (Lipinski definition) is 0. The second-order valence-electron chi connectivity index (χ2n) is 12.8. The van der Waals surface area contributed by atoms with Gasteiger partial charge in [-0.3, -0.25) is 0 Å². The molecule has 51 heavy (non-hydrogen) atoms. The summed E-state index contributed by atoms with van der Waals surface area (Å²) in [5, 5.41) is 4.71. The highest BCUT2D eigenvalue weighted by atomic mass is 16.5. The SMILES string of the molecule is c1ccc(-c2nc(-c3ccccc3)nc(-c3cccc(-c4ccc5c6c(cccc46)-c4cc(-c6ccc7ccccc7c6)ccc4O5)c3)n2)cc1. The molecule has 0 saturated carbocycles. The molecule has 1 aromatic heterocycles. The molecule has 0 bridgehead atoms. The number of benzene rings is 8. The van der Waals surface area contributed by atoms with E-state index in [1.807, 2.05) is 60.7 Å². The molecule has 2 heterocycles. The van der Waals surface area contributed by atoms with Crippen molar-refractivity contribution < 1.29 is 4.74 Å². The van der Waals surface area contributed by atoms with E-state index in [-0.39, 0.29) is 0 Å². The molecule has 0 amide bonds. The Kier molecular flexibility index (Phi) is 6.78. The standard InChI is InChI=1S/C47H29N3O/c1-3-12-31(13-4-1)45-48-46(32-14-5-2-6-15-32)50-47(49-45)37-18-9-17-36(28-37)38-24-26-43-44-39(38)19-10-20-40(44)41-29-35(23-25-42(41)51-43)34-22-21-30-11-7-8-16-33(30)27-34/h1-29H. The zero-order chi connectivity index (χ0) is 33.7. The number of hydrogen-bond acceptors (Lipinski definition) is 4. The van der Waals surface area contributed by atoms with Crippen molar-refractivity contribution in [1.29, 1.82) is 0 Å². The summed E-state index contributed by atoms with van der Waals surface area (Å²) >= 11 is 0. The second kappa shape index (κ2) is 11.9. The molecular weight excluding hydrogens is 623 g/mol. The largest absolute Gasteiger partial charge is 0.456 e. The van der Waals surface area contributed by atoms with Gasteiger partial charge in [-0.1, -0.05) is 146 Å². The first-order valence-corrected chi connectivity index (χ1v) is 17.1. The molecular formula is C47H29N3O. The van der Waals surface area contributed by atoms with E-state index in [9.17, 15) is 0 Å². The Hall–Kier alpha value is -6.91. The van der Waals surface area contributed by atoms with Crippen molar-refractivity contribution >= 4 is 21.5 Å². The van der Waals surface area contributed by atoms with Crippen LogP contribution in [0.4, 0.5) is 0 Å². The van der Waals surface area contributed by atoms with E-state index >= 15 is 0 Å². The molecule has 0 spiro atoms. The topological polar surface area (TPSA) is 47.9 Å². The Bertz CT molecular complexity index is 2720. The van der Waals surface area contributed by atoms with Crippen LogP contribution >= 0.6 is 0 Å². The van der Waals surface area contributed by atoms with Crippen molar-refractivity contribution in [2.75, 3.05) is 0 Å². The molecule has 1 aliphatic heterocycles. The van der Waals surface area contributed by atoms with Crippen LogP contribution in [0, 0.1) is 0 Å². The third kappa shape index (κ3) is 5.13. The molecule has 0 unspecified atom stereocenters. The van der Waals surface area contributed by atoms with Crippen molar-refractivity contribution in [1.82, 2.24) is 15.0 Å². The van der Waals surface area contributed by atoms with Crippen LogP contribution in [0.5, 0.6) is 11.5 Å². The third-order valence-electron chi connectivity index (χ3n) is 9.71. The summed E-state index contributed by atoms with van der Waals surface area (Å²) < 4.78 is 6.58. The van der Waals surface area contributed by atoms with E-state index < -0.39 is 0 Å². The zero-order valence-electron chi connectivity index (χ0n) is 27.5. The monoisotopic (exact) mass is 651 g/mol. The second-order valence-corrected chi connectivity index (χ2v) is 12.8. The van der Waals surface area contributed by atoms with Crippen molar-refractivity contribution in [3.05, 3.63) is 176 Å². The molecule has 0 fully saturated rings. The molecule has 0 atom stereocenters. The fraction of sp³-hybridized carbons (Fsp3) is 0. The van der Waals surface area contributed by atoms with Crippen LogP contribution in [0.3, 0.4) is 0 Å². The van der Waals surface area contributed by atoms with Gasteiger partial charge in [0.25, 0.3) is 0 Å². The van der Waals surface area contributed by atoms with Crippen molar-refractivity contribution in [2.24, 2.45) is 0 Å². The zero-order valence-corrected chi connectivity index (χ0v) is 27.5. The van der Waals surface area contributed by atoms with Crippen molar-refractivity contribution in [2.45, 2.75) is 0 Å². The smallest absolute Gasteiger partial charge is 0.164 e. The number of aromatic nitrogens is 3. The first-order chi connectivity index (χ1) is 25.2. The van der Waals surface area contributed by atoms with E-state index in [1.54, 1.807) is 0 Å². The fourth-order valence-corrected chi connectivity index (χ4v) is 7.20. The summed E-state index contributed by atoms with van der Waals surface area (Å²) in [6, 6.07) is 61.1. The van der Waals surface area contributed by atoms with Crippen LogP contribution in [-0.4, -0.2) is 15.0 Å². The van der Waals surface area contributed by atoms with Crippen LogP contribution in [0.1, 0.15) is 0 Å². The van der Waals surface area contributed by atoms with Crippen LogP contribution < -0.4 is 4.74 Å². The predicted octanol–water partition coefficient (Wildman–Crippen LogP) is 12.3. The lowest BCUT2D eigenvalue weighted by Gasteiger charge is -2.23. The number of rotatable bonds is 5. The van der Waals surface area contributed by atoms with E-state index in [0.29, 0.717) is 17.5 Å². The lowest BCUT2D eigenvalue weighted by Crippen LogP contribution is -2.00. The fourth-order valence-electron chi connectivity index (χ4n) is 7.20. The number of fused-ring (bicyclic) bond motifs is 3. The summed E-state index contributed by atoms with van der Waals surface area (Å²) in [6.45, 7) is 0. The molecule has 4 nitrogen and oxygen atoms in total. The summed E-state index contributed by atoms with van der Waals surface area (Å²) in [6.07, 6.45) is 0. The van der Waals surface area contributed by atoms with Crippen molar-refractivity contribution in [3.63, 3.8) is 0 Å². The summed E-state index contributed by atoms with van der Waals surface area (Å²) in [5.41, 5.74) is 9.62. The van der Waals surface area contributed by atoms with Gasteiger partial charge in [-0.2, -0.15) is 0 Å². The van der Waals surface area contributed by atoms with Crippen LogP contribution in [0.15, 0.2) is 176 Å². The molecule has 0 radical (unpaired) electrons. The first-order valence-electron chi connectivity index (χ1n) is 17.1. The van der Waals surface area contributed by atoms with Gasteiger partial charge in [-0.15, -0.1) is 0 Å². The first kappa shape index (κ1) is 29.0. The maximum Gasteiger partial charge on any atom is 0.164 e. The quantitative estimate of drug-likeness (QED) is 0.186. The summed E-state index contributed by atoms with van der Waals surface area (Å²) in [7, 11) is 0. The van der Waals surface area contributed by atoms with Crippen LogP contribution in [0.25, 0.3) is 89.1 Å². The van der Waals surface area contributed by atoms with Gasteiger partial charge in [0, 0.05) is 27.6 Å². The Morgan fingerprint density at radius 3 is 1.67 bits per heavy atom. The minimum atomic E-state index is 0.630. The van der Waals surface area contributed by atoms with Gasteiger partial charge in [-0.25, -0.2) is 15.0 Å². The molecule has 1 aliphatic rings. The molecule has 238 valence electrons. The number of nitrogens with zero attached hydrogens (tertiary/aromatic N) is 3. The Morgan fingerprint density at radius 2 is 0.902 bits per heavy atom. The van der Waals surface area contributed by atoms with Gasteiger partial charge in [-0.05, 0) is 74.3 Å². The maximum absolute atomic E-state index is 6.58. The molecule has 0 N–H and O–H groups in total. The van der Waals surface area contributed by atoms with Crippen molar-refractivity contribution in [3.8, 4) is 79.0 Å². The molecule has 4 heteroatoms. The molecule has 10 rings (SSSR count). The maximum atomic E-state index is 6.58. The average Bonchev–Trinajstić information content (AvgIpc) is 3.21. The lowest BCUT2D eigenvalue weighted by atomic mass is 9.89. The highest BCUT2D eigenvalue weighted by Crippen LogP contribution is 2.49. The van der Waals surface area contributed by atoms with Crippen LogP contribution in [-0.2, 0) is 0 Å². The van der Waals surface area contributed by atoms with Gasteiger partial charge < -0.3 is 4.74 Å². The van der Waals surface area contributed by atoms with Gasteiger partial charge in [0.05, 0.1) is 0 Å². The van der Waals surface area contributed by atoms with E-state index in [1.165, 1.54) is 21.9 Å².